The first-order chi connectivity index (χ1) is 9.68. The van der Waals surface area contributed by atoms with E-state index in [2.05, 4.69) is 4.98 Å². The van der Waals surface area contributed by atoms with Crippen LogP contribution in [-0.4, -0.2) is 39.5 Å². The maximum absolute atomic E-state index is 12.5. The number of aliphatic carboxylic acids is 1. The van der Waals surface area contributed by atoms with Gasteiger partial charge < -0.3 is 14.4 Å². The SMILES string of the molecule is O=C(O)C1CCCN1C(=O)c1ncoc1-c1cccs1. The van der Waals surface area contributed by atoms with Gasteiger partial charge in [0.2, 0.25) is 0 Å². The van der Waals surface area contributed by atoms with Gasteiger partial charge in [-0.05, 0) is 24.3 Å². The summed E-state index contributed by atoms with van der Waals surface area (Å²) in [7, 11) is 0. The molecule has 104 valence electrons. The summed E-state index contributed by atoms with van der Waals surface area (Å²) >= 11 is 1.44. The number of carboxylic acids is 1. The summed E-state index contributed by atoms with van der Waals surface area (Å²) < 4.78 is 5.29. The summed E-state index contributed by atoms with van der Waals surface area (Å²) in [5.41, 5.74) is 0.181. The average molecular weight is 292 g/mol. The van der Waals surface area contributed by atoms with Crippen molar-refractivity contribution in [1.82, 2.24) is 9.88 Å². The molecule has 1 amide bonds. The summed E-state index contributed by atoms with van der Waals surface area (Å²) in [6, 6.07) is 2.92. The molecule has 7 heteroatoms. The Hall–Kier alpha value is -2.15. The second kappa shape index (κ2) is 5.09. The van der Waals surface area contributed by atoms with Crippen LogP contribution in [0.2, 0.25) is 0 Å². The number of oxazole rings is 1. The van der Waals surface area contributed by atoms with E-state index in [0.29, 0.717) is 25.1 Å². The van der Waals surface area contributed by atoms with Gasteiger partial charge in [-0.15, -0.1) is 11.3 Å². The molecule has 2 aromatic heterocycles. The molecule has 0 aromatic carbocycles. The van der Waals surface area contributed by atoms with Crippen molar-refractivity contribution in [3.8, 4) is 10.6 Å². The van der Waals surface area contributed by atoms with Gasteiger partial charge >= 0.3 is 5.97 Å². The van der Waals surface area contributed by atoms with E-state index in [1.54, 1.807) is 0 Å². The van der Waals surface area contributed by atoms with Crippen LogP contribution in [0.3, 0.4) is 0 Å². The molecule has 0 spiro atoms. The number of nitrogens with zero attached hydrogens (tertiary/aromatic N) is 2. The zero-order valence-corrected chi connectivity index (χ0v) is 11.3. The molecule has 3 rings (SSSR count). The minimum absolute atomic E-state index is 0.181. The van der Waals surface area contributed by atoms with E-state index in [4.69, 9.17) is 9.52 Å². The molecular formula is C13H12N2O4S. The summed E-state index contributed by atoms with van der Waals surface area (Å²) in [5, 5.41) is 11.0. The van der Waals surface area contributed by atoms with Crippen molar-refractivity contribution in [3.63, 3.8) is 0 Å². The number of hydrogen-bond acceptors (Lipinski definition) is 5. The number of hydrogen-bond donors (Lipinski definition) is 1. The fourth-order valence-corrected chi connectivity index (χ4v) is 3.10. The van der Waals surface area contributed by atoms with Crippen molar-refractivity contribution in [1.29, 1.82) is 0 Å². The monoisotopic (exact) mass is 292 g/mol. The summed E-state index contributed by atoms with van der Waals surface area (Å²) in [6.07, 6.45) is 2.39. The van der Waals surface area contributed by atoms with Crippen LogP contribution in [0.25, 0.3) is 10.6 Å². The van der Waals surface area contributed by atoms with E-state index in [0.717, 1.165) is 4.88 Å². The Kier molecular flexibility index (Phi) is 3.27. The highest BCUT2D eigenvalue weighted by molar-refractivity contribution is 7.13. The molecule has 0 bridgehead atoms. The fraction of sp³-hybridized carbons (Fsp3) is 0.308. The van der Waals surface area contributed by atoms with Gasteiger partial charge in [0.1, 0.15) is 6.04 Å². The topological polar surface area (TPSA) is 83.6 Å². The molecule has 0 radical (unpaired) electrons. The molecule has 1 fully saturated rings. The molecule has 1 aliphatic heterocycles. The first-order valence-electron chi connectivity index (χ1n) is 6.19. The Balaban J connectivity index is 1.92. The van der Waals surface area contributed by atoms with E-state index in [1.165, 1.54) is 22.6 Å². The van der Waals surface area contributed by atoms with Gasteiger partial charge in [0.25, 0.3) is 5.91 Å². The van der Waals surface area contributed by atoms with Crippen LogP contribution in [-0.2, 0) is 4.79 Å². The highest BCUT2D eigenvalue weighted by atomic mass is 32.1. The van der Waals surface area contributed by atoms with E-state index >= 15 is 0 Å². The number of carbonyl (C=O) groups excluding carboxylic acids is 1. The normalized spacial score (nSPS) is 18.4. The molecule has 3 heterocycles. The largest absolute Gasteiger partial charge is 0.480 e. The number of carbonyl (C=O) groups is 2. The van der Waals surface area contributed by atoms with E-state index in [9.17, 15) is 9.59 Å². The minimum Gasteiger partial charge on any atom is -0.480 e. The van der Waals surface area contributed by atoms with Crippen molar-refractivity contribution in [2.24, 2.45) is 0 Å². The van der Waals surface area contributed by atoms with Gasteiger partial charge in [0.15, 0.2) is 17.8 Å². The lowest BCUT2D eigenvalue weighted by atomic mass is 10.2. The van der Waals surface area contributed by atoms with Gasteiger partial charge in [-0.25, -0.2) is 9.78 Å². The zero-order valence-electron chi connectivity index (χ0n) is 10.5. The van der Waals surface area contributed by atoms with E-state index in [1.807, 2.05) is 17.5 Å². The number of thiophene rings is 1. The highest BCUT2D eigenvalue weighted by Gasteiger charge is 2.36. The fourth-order valence-electron chi connectivity index (χ4n) is 2.38. The van der Waals surface area contributed by atoms with Crippen LogP contribution in [0.15, 0.2) is 28.3 Å². The van der Waals surface area contributed by atoms with Crippen molar-refractivity contribution in [3.05, 3.63) is 29.6 Å². The summed E-state index contributed by atoms with van der Waals surface area (Å²) in [5.74, 6) is -0.954. The number of likely N-dealkylation sites (tertiary alicyclic amines) is 1. The molecule has 1 N–H and O–H groups in total. The predicted octanol–water partition coefficient (Wildman–Crippen LogP) is 2.09. The predicted molar refractivity (Wildman–Crippen MR) is 71.5 cm³/mol. The standard InChI is InChI=1S/C13H12N2O4S/c16-12(15-5-1-3-8(15)13(17)18)10-11(19-7-14-10)9-4-2-6-20-9/h2,4,6-8H,1,3,5H2,(H,17,18). The van der Waals surface area contributed by atoms with Gasteiger partial charge in [-0.3, -0.25) is 4.79 Å². The van der Waals surface area contributed by atoms with Gasteiger partial charge in [0, 0.05) is 6.54 Å². The molecule has 1 aliphatic rings. The molecule has 1 saturated heterocycles. The maximum Gasteiger partial charge on any atom is 0.326 e. The number of carboxylic acid groups (broad SMARTS) is 1. The average Bonchev–Trinajstić information content (AvgIpc) is 3.17. The van der Waals surface area contributed by atoms with Crippen LogP contribution < -0.4 is 0 Å². The van der Waals surface area contributed by atoms with Crippen LogP contribution in [0.5, 0.6) is 0 Å². The molecule has 1 atom stereocenters. The lowest BCUT2D eigenvalue weighted by molar-refractivity contribution is -0.141. The third-order valence-electron chi connectivity index (χ3n) is 3.31. The molecule has 1 unspecified atom stereocenters. The Morgan fingerprint density at radius 3 is 3.05 bits per heavy atom. The lowest BCUT2D eigenvalue weighted by Gasteiger charge is -2.20. The van der Waals surface area contributed by atoms with Crippen molar-refractivity contribution in [2.75, 3.05) is 6.54 Å². The minimum atomic E-state index is -0.975. The molecule has 20 heavy (non-hydrogen) atoms. The third kappa shape index (κ3) is 2.09. The lowest BCUT2D eigenvalue weighted by Crippen LogP contribution is -2.40. The molecule has 6 nitrogen and oxygen atoms in total. The Morgan fingerprint density at radius 1 is 1.50 bits per heavy atom. The van der Waals surface area contributed by atoms with Crippen molar-refractivity contribution < 1.29 is 19.1 Å². The van der Waals surface area contributed by atoms with Crippen molar-refractivity contribution >= 4 is 23.2 Å². The van der Waals surface area contributed by atoms with Crippen LogP contribution in [0.4, 0.5) is 0 Å². The molecule has 0 aliphatic carbocycles. The number of rotatable bonds is 3. The number of aromatic nitrogens is 1. The number of amides is 1. The zero-order chi connectivity index (χ0) is 14.1. The summed E-state index contributed by atoms with van der Waals surface area (Å²) in [6.45, 7) is 0.437. The summed E-state index contributed by atoms with van der Waals surface area (Å²) in [4.78, 5) is 29.8. The maximum atomic E-state index is 12.5. The van der Waals surface area contributed by atoms with Crippen molar-refractivity contribution in [2.45, 2.75) is 18.9 Å². The highest BCUT2D eigenvalue weighted by Crippen LogP contribution is 2.30. The molecule has 0 saturated carbocycles. The second-order valence-corrected chi connectivity index (χ2v) is 5.45. The van der Waals surface area contributed by atoms with Gasteiger partial charge in [-0.2, -0.15) is 0 Å². The van der Waals surface area contributed by atoms with E-state index < -0.39 is 12.0 Å². The van der Waals surface area contributed by atoms with Crippen LogP contribution in [0.1, 0.15) is 23.3 Å². The Labute approximate surface area is 118 Å². The second-order valence-electron chi connectivity index (χ2n) is 4.50. The van der Waals surface area contributed by atoms with Gasteiger partial charge in [-0.1, -0.05) is 6.07 Å². The van der Waals surface area contributed by atoms with E-state index in [-0.39, 0.29) is 11.6 Å². The van der Waals surface area contributed by atoms with Gasteiger partial charge in [0.05, 0.1) is 4.88 Å². The first kappa shape index (κ1) is 12.9. The Morgan fingerprint density at radius 2 is 2.35 bits per heavy atom. The van der Waals surface area contributed by atoms with Crippen LogP contribution in [0, 0.1) is 0 Å². The van der Waals surface area contributed by atoms with Crippen LogP contribution >= 0.6 is 11.3 Å². The Bertz CT molecular complexity index is 635. The smallest absolute Gasteiger partial charge is 0.326 e. The first-order valence-corrected chi connectivity index (χ1v) is 7.07. The molecule has 2 aromatic rings. The quantitative estimate of drug-likeness (QED) is 0.936. The third-order valence-corrected chi connectivity index (χ3v) is 4.18. The molecular weight excluding hydrogens is 280 g/mol.